The zero-order valence-electron chi connectivity index (χ0n) is 21.4. The largest absolute Gasteiger partial charge is 0.286 e. The summed E-state index contributed by atoms with van der Waals surface area (Å²) >= 11 is 0. The van der Waals surface area contributed by atoms with Crippen molar-refractivity contribution in [1.82, 2.24) is 0 Å². The number of halogens is 1. The Bertz CT molecular complexity index is 956. The average molecular weight is 532 g/mol. The number of hydrogen-bond acceptors (Lipinski definition) is 2. The van der Waals surface area contributed by atoms with Crippen molar-refractivity contribution in [2.45, 2.75) is 57.8 Å². The average Bonchev–Trinajstić information content (AvgIpc) is 2.88. The second-order valence-electron chi connectivity index (χ2n) is 9.14. The Morgan fingerprint density at radius 2 is 0.861 bits per heavy atom. The lowest BCUT2D eigenvalue weighted by atomic mass is 10.1. The molecule has 0 aromatic heterocycles. The van der Waals surface area contributed by atoms with Crippen LogP contribution in [-0.4, -0.2) is 32.1 Å². The van der Waals surface area contributed by atoms with E-state index in [9.17, 15) is 12.8 Å². The minimum atomic E-state index is -3.67. The van der Waals surface area contributed by atoms with E-state index in [1.165, 1.54) is 67.0 Å². The molecular weight excluding hydrogens is 490 g/mol. The number of unbranched alkanes of at least 4 members (excludes halogenated alkanes) is 8. The van der Waals surface area contributed by atoms with Gasteiger partial charge in [0.05, 0.1) is 19.1 Å². The fourth-order valence-electron chi connectivity index (χ4n) is 4.56. The van der Waals surface area contributed by atoms with Crippen LogP contribution in [0.5, 0.6) is 0 Å². The molecule has 0 aliphatic rings. The molecule has 0 atom stereocenters. The third-order valence-electron chi connectivity index (χ3n) is 6.22. The first-order valence-electron chi connectivity index (χ1n) is 12.9. The predicted octanol–water partition coefficient (Wildman–Crippen LogP) is 6.96. The third-order valence-corrected chi connectivity index (χ3v) is 10.7. The van der Waals surface area contributed by atoms with Gasteiger partial charge in [0.1, 0.15) is 23.2 Å². The van der Waals surface area contributed by atoms with E-state index in [-0.39, 0.29) is 6.67 Å². The number of benzene rings is 3. The van der Waals surface area contributed by atoms with Crippen LogP contribution in [-0.2, 0) is 10.1 Å². The van der Waals surface area contributed by atoms with Crippen LogP contribution >= 0.6 is 7.26 Å². The molecule has 0 bridgehead atoms. The zero-order chi connectivity index (χ0) is 26.1. The Balaban J connectivity index is 0.000000830. The minimum Gasteiger partial charge on any atom is -0.286 e. The summed E-state index contributed by atoms with van der Waals surface area (Å²) in [5.74, 6) is 0. The van der Waals surface area contributed by atoms with E-state index in [0.29, 0.717) is 6.26 Å². The minimum absolute atomic E-state index is 0.158. The summed E-state index contributed by atoms with van der Waals surface area (Å²) in [7, 11) is -5.33. The SMILES string of the molecule is CS(=O)(=O)O.FCCCCCCCCCCC[P+](c1ccccc1)(c1ccccc1)c1ccccc1. The summed E-state index contributed by atoms with van der Waals surface area (Å²) in [4.78, 5) is 0. The van der Waals surface area contributed by atoms with Gasteiger partial charge in [-0.05, 0) is 55.7 Å². The number of alkyl halides is 1. The lowest BCUT2D eigenvalue weighted by Crippen LogP contribution is -2.33. The molecule has 0 radical (unpaired) electrons. The molecule has 0 saturated carbocycles. The van der Waals surface area contributed by atoms with Crippen molar-refractivity contribution < 1.29 is 17.4 Å². The van der Waals surface area contributed by atoms with Crippen molar-refractivity contribution in [2.75, 3.05) is 19.1 Å². The van der Waals surface area contributed by atoms with Crippen LogP contribution in [0.25, 0.3) is 0 Å². The monoisotopic (exact) mass is 531 g/mol. The Morgan fingerprint density at radius 1 is 0.583 bits per heavy atom. The van der Waals surface area contributed by atoms with Crippen molar-refractivity contribution in [3.8, 4) is 0 Å². The zero-order valence-corrected chi connectivity index (χ0v) is 23.1. The van der Waals surface area contributed by atoms with Gasteiger partial charge in [-0.3, -0.25) is 8.94 Å². The van der Waals surface area contributed by atoms with Gasteiger partial charge < -0.3 is 0 Å². The normalized spacial score (nSPS) is 11.5. The van der Waals surface area contributed by atoms with Gasteiger partial charge in [0.2, 0.25) is 0 Å². The fraction of sp³-hybridized carbons (Fsp3) is 0.400. The highest BCUT2D eigenvalue weighted by atomic mass is 32.2. The second kappa shape index (κ2) is 16.6. The fourth-order valence-corrected chi connectivity index (χ4v) is 8.97. The first-order valence-corrected chi connectivity index (χ1v) is 16.7. The van der Waals surface area contributed by atoms with Gasteiger partial charge >= 0.3 is 0 Å². The molecule has 3 aromatic rings. The smallest absolute Gasteiger partial charge is 0.261 e. The van der Waals surface area contributed by atoms with Gasteiger partial charge in [0.15, 0.2) is 0 Å². The Labute approximate surface area is 218 Å². The molecule has 196 valence electrons. The Hall–Kier alpha value is -2.07. The van der Waals surface area contributed by atoms with Crippen molar-refractivity contribution >= 4 is 33.3 Å². The molecule has 3 nitrogen and oxygen atoms in total. The van der Waals surface area contributed by atoms with Crippen molar-refractivity contribution in [3.05, 3.63) is 91.0 Å². The first kappa shape index (κ1) is 30.2. The van der Waals surface area contributed by atoms with Crippen LogP contribution in [0.2, 0.25) is 0 Å². The Kier molecular flexibility index (Phi) is 13.9. The van der Waals surface area contributed by atoms with E-state index in [1.54, 1.807) is 0 Å². The highest BCUT2D eigenvalue weighted by Gasteiger charge is 2.44. The maximum absolute atomic E-state index is 12.2. The van der Waals surface area contributed by atoms with Crippen LogP contribution in [0.4, 0.5) is 4.39 Å². The lowest BCUT2D eigenvalue weighted by Gasteiger charge is -2.27. The summed E-state index contributed by atoms with van der Waals surface area (Å²) in [6.45, 7) is -0.158. The molecule has 0 saturated heterocycles. The van der Waals surface area contributed by atoms with E-state index in [0.717, 1.165) is 12.8 Å². The van der Waals surface area contributed by atoms with E-state index in [4.69, 9.17) is 4.55 Å². The highest BCUT2D eigenvalue weighted by molar-refractivity contribution is 7.95. The number of rotatable bonds is 14. The molecule has 3 rings (SSSR count). The van der Waals surface area contributed by atoms with Crippen LogP contribution in [0, 0.1) is 0 Å². The molecule has 0 heterocycles. The van der Waals surface area contributed by atoms with Crippen LogP contribution in [0.1, 0.15) is 57.8 Å². The van der Waals surface area contributed by atoms with Crippen molar-refractivity contribution in [3.63, 3.8) is 0 Å². The van der Waals surface area contributed by atoms with Gasteiger partial charge in [0.25, 0.3) is 10.1 Å². The molecule has 1 N–H and O–H groups in total. The number of hydrogen-bond donors (Lipinski definition) is 1. The maximum atomic E-state index is 12.2. The van der Waals surface area contributed by atoms with E-state index in [2.05, 4.69) is 91.0 Å². The quantitative estimate of drug-likeness (QED) is 0.139. The molecule has 36 heavy (non-hydrogen) atoms. The highest BCUT2D eigenvalue weighted by Crippen LogP contribution is 2.55. The Morgan fingerprint density at radius 3 is 1.17 bits per heavy atom. The van der Waals surface area contributed by atoms with Gasteiger partial charge in [-0.15, -0.1) is 0 Å². The molecular formula is C30H41FO3PS+. The molecule has 0 fully saturated rings. The molecule has 0 spiro atoms. The van der Waals surface area contributed by atoms with Crippen molar-refractivity contribution in [2.24, 2.45) is 0 Å². The summed E-state index contributed by atoms with van der Waals surface area (Å²) in [6.07, 6.45) is 12.6. The molecule has 0 aliphatic heterocycles. The topological polar surface area (TPSA) is 54.4 Å². The maximum Gasteiger partial charge on any atom is 0.261 e. The lowest BCUT2D eigenvalue weighted by molar-refractivity contribution is 0.449. The van der Waals surface area contributed by atoms with Crippen LogP contribution < -0.4 is 15.9 Å². The van der Waals surface area contributed by atoms with Gasteiger partial charge in [0, 0.05) is 0 Å². The van der Waals surface area contributed by atoms with E-state index < -0.39 is 17.4 Å². The predicted molar refractivity (Wildman–Crippen MR) is 155 cm³/mol. The summed E-state index contributed by atoms with van der Waals surface area (Å²) < 4.78 is 38.0. The van der Waals surface area contributed by atoms with Gasteiger partial charge in [-0.1, -0.05) is 93.1 Å². The van der Waals surface area contributed by atoms with Gasteiger partial charge in [-0.25, -0.2) is 0 Å². The molecule has 3 aromatic carbocycles. The summed E-state index contributed by atoms with van der Waals surface area (Å²) in [6, 6.07) is 33.6. The standard InChI is InChI=1S/C29H37FP.CH4O3S/c30-25-17-6-4-2-1-3-5-7-18-26-31(27-19-11-8-12-20-27,28-21-13-9-14-22-28)29-23-15-10-16-24-29;1-5(2,3)4/h8-16,19-24H,1-7,17-18,25-26H2;1H3,(H,2,3,4)/q+1;. The van der Waals surface area contributed by atoms with E-state index >= 15 is 0 Å². The van der Waals surface area contributed by atoms with Gasteiger partial charge in [-0.2, -0.15) is 8.42 Å². The molecule has 0 aliphatic carbocycles. The van der Waals surface area contributed by atoms with Crippen molar-refractivity contribution in [1.29, 1.82) is 0 Å². The van der Waals surface area contributed by atoms with Crippen LogP contribution in [0.15, 0.2) is 91.0 Å². The molecule has 0 unspecified atom stereocenters. The van der Waals surface area contributed by atoms with E-state index in [1.807, 2.05) is 0 Å². The summed E-state index contributed by atoms with van der Waals surface area (Å²) in [5.41, 5.74) is 0. The summed E-state index contributed by atoms with van der Waals surface area (Å²) in [5, 5.41) is 4.46. The third kappa shape index (κ3) is 10.9. The molecule has 6 heteroatoms. The molecule has 0 amide bonds. The first-order chi connectivity index (χ1) is 17.4. The van der Waals surface area contributed by atoms with Crippen LogP contribution in [0.3, 0.4) is 0 Å². The second-order valence-corrected chi connectivity index (χ2v) is 14.2.